The summed E-state index contributed by atoms with van der Waals surface area (Å²) in [7, 11) is 3.22. The monoisotopic (exact) mass is 294 g/mol. The molecule has 1 atom stereocenters. The van der Waals surface area contributed by atoms with E-state index in [1.165, 1.54) is 7.05 Å². The Labute approximate surface area is 114 Å². The fourth-order valence-corrected chi connectivity index (χ4v) is 2.16. The first kappa shape index (κ1) is 15.9. The summed E-state index contributed by atoms with van der Waals surface area (Å²) in [6.45, 7) is 1.94. The van der Waals surface area contributed by atoms with Gasteiger partial charge in [0.1, 0.15) is 5.82 Å². The van der Waals surface area contributed by atoms with Gasteiger partial charge in [-0.15, -0.1) is 0 Å². The summed E-state index contributed by atoms with van der Waals surface area (Å²) in [6.07, 6.45) is -2.53. The Morgan fingerprint density at radius 1 is 1.42 bits per heavy atom. The first-order chi connectivity index (χ1) is 8.79. The van der Waals surface area contributed by atoms with Crippen molar-refractivity contribution < 1.29 is 13.2 Å². The van der Waals surface area contributed by atoms with Gasteiger partial charge in [-0.2, -0.15) is 29.9 Å². The molecule has 108 valence electrons. The number of hydrogen-bond donors (Lipinski definition) is 1. The van der Waals surface area contributed by atoms with E-state index < -0.39 is 11.9 Å². The SMILES string of the molecule is CNc1nc(N(C)C(C)CSC)cc(C(F)(F)F)n1. The molecule has 0 fully saturated rings. The van der Waals surface area contributed by atoms with Crippen LogP contribution < -0.4 is 10.2 Å². The Morgan fingerprint density at radius 2 is 2.05 bits per heavy atom. The lowest BCUT2D eigenvalue weighted by molar-refractivity contribution is -0.141. The van der Waals surface area contributed by atoms with Crippen molar-refractivity contribution in [3.05, 3.63) is 11.8 Å². The van der Waals surface area contributed by atoms with Crippen LogP contribution >= 0.6 is 11.8 Å². The number of halogens is 3. The van der Waals surface area contributed by atoms with Gasteiger partial charge in [-0.05, 0) is 13.2 Å². The Balaban J connectivity index is 3.13. The maximum atomic E-state index is 12.8. The zero-order valence-electron chi connectivity index (χ0n) is 11.2. The maximum Gasteiger partial charge on any atom is 0.433 e. The first-order valence-electron chi connectivity index (χ1n) is 5.65. The van der Waals surface area contributed by atoms with E-state index in [9.17, 15) is 13.2 Å². The smallest absolute Gasteiger partial charge is 0.357 e. The molecular formula is C11H17F3N4S. The highest BCUT2D eigenvalue weighted by Gasteiger charge is 2.34. The third-order valence-electron chi connectivity index (χ3n) is 2.66. The Kier molecular flexibility index (Phi) is 5.28. The number of aromatic nitrogens is 2. The van der Waals surface area contributed by atoms with E-state index in [2.05, 4.69) is 15.3 Å². The van der Waals surface area contributed by atoms with Gasteiger partial charge in [0.15, 0.2) is 5.69 Å². The van der Waals surface area contributed by atoms with Crippen LogP contribution in [-0.2, 0) is 6.18 Å². The molecule has 0 saturated heterocycles. The predicted molar refractivity (Wildman–Crippen MR) is 72.8 cm³/mol. The van der Waals surface area contributed by atoms with Crippen molar-refractivity contribution in [2.45, 2.75) is 19.1 Å². The van der Waals surface area contributed by atoms with Crippen LogP contribution in [0.1, 0.15) is 12.6 Å². The molecule has 1 rings (SSSR count). The van der Waals surface area contributed by atoms with Gasteiger partial charge < -0.3 is 10.2 Å². The quantitative estimate of drug-likeness (QED) is 0.904. The fourth-order valence-electron chi connectivity index (χ4n) is 1.45. The summed E-state index contributed by atoms with van der Waals surface area (Å²) in [5.74, 6) is 1.03. The zero-order valence-corrected chi connectivity index (χ0v) is 12.1. The van der Waals surface area contributed by atoms with E-state index in [0.717, 1.165) is 11.8 Å². The van der Waals surface area contributed by atoms with Gasteiger partial charge in [0.2, 0.25) is 5.95 Å². The van der Waals surface area contributed by atoms with E-state index in [1.54, 1.807) is 23.7 Å². The van der Waals surface area contributed by atoms with Gasteiger partial charge in [0.05, 0.1) is 0 Å². The van der Waals surface area contributed by atoms with Crippen molar-refractivity contribution in [3.8, 4) is 0 Å². The Hall–Kier alpha value is -1.18. The number of thioether (sulfide) groups is 1. The second-order valence-electron chi connectivity index (χ2n) is 4.10. The minimum atomic E-state index is -4.48. The van der Waals surface area contributed by atoms with E-state index in [0.29, 0.717) is 0 Å². The fraction of sp³-hybridized carbons (Fsp3) is 0.636. The summed E-state index contributed by atoms with van der Waals surface area (Å²) in [4.78, 5) is 9.21. The molecule has 8 heteroatoms. The lowest BCUT2D eigenvalue weighted by atomic mass is 10.3. The standard InChI is InChI=1S/C11H17F3N4S/c1-7(6-19-4)18(3)9-5-8(11(12,13)14)16-10(15-2)17-9/h5,7H,6H2,1-4H3,(H,15,16,17). The second-order valence-corrected chi connectivity index (χ2v) is 5.01. The van der Waals surface area contributed by atoms with Gasteiger partial charge in [-0.3, -0.25) is 0 Å². The molecule has 0 saturated carbocycles. The van der Waals surface area contributed by atoms with Crippen LogP contribution in [0.15, 0.2) is 6.07 Å². The number of alkyl halides is 3. The van der Waals surface area contributed by atoms with Gasteiger partial charge >= 0.3 is 6.18 Å². The average Bonchev–Trinajstić information content (AvgIpc) is 2.36. The van der Waals surface area contributed by atoms with Crippen molar-refractivity contribution in [1.29, 1.82) is 0 Å². The van der Waals surface area contributed by atoms with Crippen LogP contribution in [0.2, 0.25) is 0 Å². The molecule has 0 aliphatic carbocycles. The largest absolute Gasteiger partial charge is 0.433 e. The normalized spacial score (nSPS) is 13.2. The summed E-state index contributed by atoms with van der Waals surface area (Å²) >= 11 is 1.63. The van der Waals surface area contributed by atoms with Gasteiger partial charge in [-0.25, -0.2) is 4.98 Å². The molecule has 0 amide bonds. The highest BCUT2D eigenvalue weighted by atomic mass is 32.2. The summed E-state index contributed by atoms with van der Waals surface area (Å²) in [5.41, 5.74) is -0.940. The van der Waals surface area contributed by atoms with Crippen molar-refractivity contribution in [3.63, 3.8) is 0 Å². The molecule has 0 aromatic carbocycles. The van der Waals surface area contributed by atoms with Gasteiger partial charge in [-0.1, -0.05) is 0 Å². The molecule has 0 bridgehead atoms. The molecule has 4 nitrogen and oxygen atoms in total. The molecule has 0 aliphatic rings. The highest BCUT2D eigenvalue weighted by Crippen LogP contribution is 2.30. The molecule has 1 heterocycles. The van der Waals surface area contributed by atoms with Crippen LogP contribution in [-0.4, -0.2) is 42.1 Å². The number of rotatable bonds is 5. The third kappa shape index (κ3) is 4.15. The van der Waals surface area contributed by atoms with Crippen LogP contribution in [0, 0.1) is 0 Å². The maximum absolute atomic E-state index is 12.8. The van der Waals surface area contributed by atoms with Crippen LogP contribution in [0.4, 0.5) is 24.9 Å². The van der Waals surface area contributed by atoms with Crippen molar-refractivity contribution in [2.24, 2.45) is 0 Å². The highest BCUT2D eigenvalue weighted by molar-refractivity contribution is 7.98. The molecule has 1 unspecified atom stereocenters. The van der Waals surface area contributed by atoms with Crippen molar-refractivity contribution in [1.82, 2.24) is 9.97 Å². The summed E-state index contributed by atoms with van der Waals surface area (Å²) in [6, 6.07) is 1.05. The first-order valence-corrected chi connectivity index (χ1v) is 7.04. The number of nitrogens with zero attached hydrogens (tertiary/aromatic N) is 3. The Morgan fingerprint density at radius 3 is 2.53 bits per heavy atom. The molecule has 1 N–H and O–H groups in total. The van der Waals surface area contributed by atoms with Crippen molar-refractivity contribution >= 4 is 23.5 Å². The minimum absolute atomic E-state index is 0.0342. The van der Waals surface area contributed by atoms with E-state index in [1.807, 2.05) is 13.2 Å². The molecule has 1 aromatic heterocycles. The molecule has 0 spiro atoms. The summed E-state index contributed by atoms with van der Waals surface area (Å²) in [5, 5.41) is 2.55. The van der Waals surface area contributed by atoms with Crippen LogP contribution in [0.3, 0.4) is 0 Å². The predicted octanol–water partition coefficient (Wildman–Crippen LogP) is 2.72. The van der Waals surface area contributed by atoms with E-state index >= 15 is 0 Å². The third-order valence-corrected chi connectivity index (χ3v) is 3.47. The molecule has 1 aromatic rings. The number of nitrogens with one attached hydrogen (secondary N) is 1. The lowest BCUT2D eigenvalue weighted by Gasteiger charge is -2.26. The molecular weight excluding hydrogens is 277 g/mol. The minimum Gasteiger partial charge on any atom is -0.357 e. The van der Waals surface area contributed by atoms with Crippen LogP contribution in [0.25, 0.3) is 0 Å². The zero-order chi connectivity index (χ0) is 14.6. The van der Waals surface area contributed by atoms with E-state index in [-0.39, 0.29) is 17.8 Å². The average molecular weight is 294 g/mol. The topological polar surface area (TPSA) is 41.1 Å². The molecule has 0 aliphatic heterocycles. The number of hydrogen-bond acceptors (Lipinski definition) is 5. The van der Waals surface area contributed by atoms with Gasteiger partial charge in [0.25, 0.3) is 0 Å². The van der Waals surface area contributed by atoms with Crippen LogP contribution in [0.5, 0.6) is 0 Å². The second kappa shape index (κ2) is 6.31. The van der Waals surface area contributed by atoms with E-state index in [4.69, 9.17) is 0 Å². The van der Waals surface area contributed by atoms with Gasteiger partial charge in [0, 0.05) is 32.0 Å². The summed E-state index contributed by atoms with van der Waals surface area (Å²) < 4.78 is 38.3. The lowest BCUT2D eigenvalue weighted by Crippen LogP contribution is -2.32. The number of anilines is 2. The Bertz CT molecular complexity index is 425. The molecule has 0 radical (unpaired) electrons. The molecule has 19 heavy (non-hydrogen) atoms. The van der Waals surface area contributed by atoms with Crippen molar-refractivity contribution in [2.75, 3.05) is 36.3 Å².